The van der Waals surface area contributed by atoms with Crippen LogP contribution in [0.25, 0.3) is 10.6 Å². The second-order valence-electron chi connectivity index (χ2n) is 7.34. The quantitative estimate of drug-likeness (QED) is 0.488. The zero-order valence-electron chi connectivity index (χ0n) is 17.6. The Balaban J connectivity index is 1.65. The lowest BCUT2D eigenvalue weighted by atomic mass is 9.97. The number of amides is 1. The molecule has 0 saturated carbocycles. The summed E-state index contributed by atoms with van der Waals surface area (Å²) in [5, 5.41) is 5.28. The second-order valence-corrected chi connectivity index (χ2v) is 8.20. The van der Waals surface area contributed by atoms with Gasteiger partial charge in [-0.25, -0.2) is 9.78 Å². The van der Waals surface area contributed by atoms with E-state index in [-0.39, 0.29) is 11.6 Å². The molecular weight excluding hydrogens is 396 g/mol. The van der Waals surface area contributed by atoms with Crippen molar-refractivity contribution in [2.75, 3.05) is 5.32 Å². The number of anilines is 1. The number of thiazole rings is 1. The zero-order chi connectivity index (χ0) is 21.7. The second kappa shape index (κ2) is 9.67. The maximum atomic E-state index is 12.6. The highest BCUT2D eigenvalue weighted by molar-refractivity contribution is 7.13. The first-order valence-corrected chi connectivity index (χ1v) is 10.9. The lowest BCUT2D eigenvalue weighted by molar-refractivity contribution is -0.123. The molecule has 5 nitrogen and oxygen atoms in total. The largest absolute Gasteiger partial charge is 0.448 e. The van der Waals surface area contributed by atoms with Crippen molar-refractivity contribution in [1.29, 1.82) is 0 Å². The lowest BCUT2D eigenvalue weighted by Gasteiger charge is -2.18. The Morgan fingerprint density at radius 2 is 1.80 bits per heavy atom. The van der Waals surface area contributed by atoms with Gasteiger partial charge in [-0.05, 0) is 37.8 Å². The van der Waals surface area contributed by atoms with Crippen LogP contribution in [-0.4, -0.2) is 23.0 Å². The molecule has 1 aromatic heterocycles. The Kier molecular flexibility index (Phi) is 7.00. The standard InChI is InChI=1S/C24H26N2O3S/c1-5-16(3)19-8-6-7-9-20(19)25-22(27)17(4)29-24(28)21-14-30-23(26-21)18-12-10-15(2)11-13-18/h6-14,16-17H,5H2,1-4H3,(H,25,27)/t16-,17-/m1/s1. The SMILES string of the molecule is CC[C@@H](C)c1ccccc1NC(=O)[C@@H](C)OC(=O)c1csc(-c2ccc(C)cc2)n1. The van der Waals surface area contributed by atoms with Gasteiger partial charge in [0.05, 0.1) is 0 Å². The maximum absolute atomic E-state index is 12.6. The summed E-state index contributed by atoms with van der Waals surface area (Å²) in [5.74, 6) is -0.662. The average molecular weight is 423 g/mol. The highest BCUT2D eigenvalue weighted by Gasteiger charge is 2.22. The van der Waals surface area contributed by atoms with E-state index < -0.39 is 12.1 Å². The Labute approximate surface area is 181 Å². The molecule has 156 valence electrons. The molecule has 0 spiro atoms. The highest BCUT2D eigenvalue weighted by atomic mass is 32.1. The number of hydrogen-bond donors (Lipinski definition) is 1. The first kappa shape index (κ1) is 21.7. The first-order chi connectivity index (χ1) is 14.4. The fourth-order valence-corrected chi connectivity index (χ4v) is 3.76. The van der Waals surface area contributed by atoms with Crippen molar-refractivity contribution in [1.82, 2.24) is 4.98 Å². The number of carbonyl (C=O) groups excluding carboxylic acids is 2. The number of esters is 1. The number of aromatic nitrogens is 1. The van der Waals surface area contributed by atoms with Crippen LogP contribution in [0, 0.1) is 6.92 Å². The summed E-state index contributed by atoms with van der Waals surface area (Å²) in [6.45, 7) is 7.79. The molecule has 0 aliphatic carbocycles. The van der Waals surface area contributed by atoms with Gasteiger partial charge in [0.15, 0.2) is 11.8 Å². The molecule has 1 heterocycles. The van der Waals surface area contributed by atoms with Gasteiger partial charge in [0.2, 0.25) is 0 Å². The molecule has 2 aromatic carbocycles. The maximum Gasteiger partial charge on any atom is 0.358 e. The minimum Gasteiger partial charge on any atom is -0.448 e. The zero-order valence-corrected chi connectivity index (χ0v) is 18.5. The Morgan fingerprint density at radius 1 is 1.10 bits per heavy atom. The fraction of sp³-hybridized carbons (Fsp3) is 0.292. The summed E-state index contributed by atoms with van der Waals surface area (Å²) in [4.78, 5) is 29.4. The van der Waals surface area contributed by atoms with E-state index in [1.165, 1.54) is 11.3 Å². The molecule has 30 heavy (non-hydrogen) atoms. The molecule has 1 N–H and O–H groups in total. The average Bonchev–Trinajstić information content (AvgIpc) is 3.24. The molecule has 0 saturated heterocycles. The van der Waals surface area contributed by atoms with Crippen LogP contribution in [-0.2, 0) is 9.53 Å². The van der Waals surface area contributed by atoms with Crippen LogP contribution in [0.4, 0.5) is 5.69 Å². The number of hydrogen-bond acceptors (Lipinski definition) is 5. The van der Waals surface area contributed by atoms with Crippen LogP contribution in [0.2, 0.25) is 0 Å². The van der Waals surface area contributed by atoms with Crippen molar-refractivity contribution in [3.8, 4) is 10.6 Å². The van der Waals surface area contributed by atoms with Gasteiger partial charge in [-0.3, -0.25) is 4.79 Å². The number of aryl methyl sites for hydroxylation is 1. The smallest absolute Gasteiger partial charge is 0.358 e. The van der Waals surface area contributed by atoms with Crippen LogP contribution >= 0.6 is 11.3 Å². The minimum atomic E-state index is -0.938. The number of carbonyl (C=O) groups is 2. The highest BCUT2D eigenvalue weighted by Crippen LogP contribution is 2.27. The van der Waals surface area contributed by atoms with E-state index in [0.29, 0.717) is 5.92 Å². The molecular formula is C24H26N2O3S. The Bertz CT molecular complexity index is 1030. The fourth-order valence-electron chi connectivity index (χ4n) is 2.97. The van der Waals surface area contributed by atoms with E-state index in [1.807, 2.05) is 55.5 Å². The summed E-state index contributed by atoms with van der Waals surface area (Å²) in [6.07, 6.45) is 0.0249. The number of ether oxygens (including phenoxy) is 1. The molecule has 0 unspecified atom stereocenters. The van der Waals surface area contributed by atoms with Crippen molar-refractivity contribution in [3.63, 3.8) is 0 Å². The van der Waals surface area contributed by atoms with E-state index in [4.69, 9.17) is 4.74 Å². The number of rotatable bonds is 7. The van der Waals surface area contributed by atoms with Crippen LogP contribution < -0.4 is 5.32 Å². The third-order valence-electron chi connectivity index (χ3n) is 5.03. The predicted molar refractivity (Wildman–Crippen MR) is 121 cm³/mol. The number of nitrogens with one attached hydrogen (secondary N) is 1. The van der Waals surface area contributed by atoms with Gasteiger partial charge in [0, 0.05) is 16.6 Å². The van der Waals surface area contributed by atoms with Gasteiger partial charge in [-0.2, -0.15) is 0 Å². The summed E-state index contributed by atoms with van der Waals surface area (Å²) in [5.41, 5.74) is 4.11. The van der Waals surface area contributed by atoms with Gasteiger partial charge in [0.25, 0.3) is 5.91 Å². The molecule has 0 aliphatic rings. The van der Waals surface area contributed by atoms with Crippen molar-refractivity contribution < 1.29 is 14.3 Å². The summed E-state index contributed by atoms with van der Waals surface area (Å²) >= 11 is 1.37. The van der Waals surface area contributed by atoms with Crippen LogP contribution in [0.15, 0.2) is 53.9 Å². The van der Waals surface area contributed by atoms with E-state index in [9.17, 15) is 9.59 Å². The van der Waals surface area contributed by atoms with Crippen molar-refractivity contribution in [3.05, 3.63) is 70.7 Å². The Hall–Kier alpha value is -2.99. The van der Waals surface area contributed by atoms with E-state index in [2.05, 4.69) is 24.1 Å². The number of benzene rings is 2. The lowest BCUT2D eigenvalue weighted by Crippen LogP contribution is -2.30. The van der Waals surface area contributed by atoms with E-state index >= 15 is 0 Å². The molecule has 0 bridgehead atoms. The topological polar surface area (TPSA) is 68.3 Å². The van der Waals surface area contributed by atoms with Crippen molar-refractivity contribution >= 4 is 28.9 Å². The Morgan fingerprint density at radius 3 is 2.50 bits per heavy atom. The van der Waals surface area contributed by atoms with Gasteiger partial charge in [0.1, 0.15) is 5.01 Å². The van der Waals surface area contributed by atoms with Gasteiger partial charge >= 0.3 is 5.97 Å². The monoisotopic (exact) mass is 422 g/mol. The molecule has 0 aliphatic heterocycles. The van der Waals surface area contributed by atoms with Crippen LogP contribution in [0.1, 0.15) is 54.7 Å². The minimum absolute atomic E-state index is 0.204. The van der Waals surface area contributed by atoms with Crippen molar-refractivity contribution in [2.24, 2.45) is 0 Å². The molecule has 3 rings (SSSR count). The van der Waals surface area contributed by atoms with Crippen molar-refractivity contribution in [2.45, 2.75) is 46.1 Å². The molecule has 1 amide bonds. The van der Waals surface area contributed by atoms with E-state index in [0.717, 1.165) is 33.8 Å². The third kappa shape index (κ3) is 5.13. The van der Waals surface area contributed by atoms with Crippen LogP contribution in [0.5, 0.6) is 0 Å². The molecule has 2 atom stereocenters. The molecule has 3 aromatic rings. The predicted octanol–water partition coefficient (Wildman–Crippen LogP) is 5.82. The third-order valence-corrected chi connectivity index (χ3v) is 5.92. The van der Waals surface area contributed by atoms with Crippen LogP contribution in [0.3, 0.4) is 0 Å². The summed E-state index contributed by atoms with van der Waals surface area (Å²) in [6, 6.07) is 15.6. The molecule has 0 fully saturated rings. The summed E-state index contributed by atoms with van der Waals surface area (Å²) in [7, 11) is 0. The number of nitrogens with zero attached hydrogens (tertiary/aromatic N) is 1. The molecule has 6 heteroatoms. The van der Waals surface area contributed by atoms with Gasteiger partial charge < -0.3 is 10.1 Å². The van der Waals surface area contributed by atoms with E-state index in [1.54, 1.807) is 12.3 Å². The summed E-state index contributed by atoms with van der Waals surface area (Å²) < 4.78 is 5.36. The molecule has 0 radical (unpaired) electrons. The van der Waals surface area contributed by atoms with Gasteiger partial charge in [-0.1, -0.05) is 61.9 Å². The number of para-hydroxylation sites is 1. The van der Waals surface area contributed by atoms with Gasteiger partial charge in [-0.15, -0.1) is 11.3 Å². The normalized spacial score (nSPS) is 12.8. The first-order valence-electron chi connectivity index (χ1n) is 10.0.